The average Bonchev–Trinajstić information content (AvgIpc) is 3.31. The Labute approximate surface area is 213 Å². The Hall–Kier alpha value is 0.150. The Morgan fingerprint density at radius 1 is 0.586 bits per heavy atom. The van der Waals surface area contributed by atoms with Gasteiger partial charge in [-0.3, -0.25) is 0 Å². The molecule has 0 aliphatic carbocycles. The Bertz CT molecular complexity index is 461. The van der Waals surface area contributed by atoms with Crippen molar-refractivity contribution in [1.82, 2.24) is 0 Å². The molecule has 2 aromatic carbocycles. The molecule has 29 heavy (non-hydrogen) atoms. The van der Waals surface area contributed by atoms with Crippen LogP contribution in [0.3, 0.4) is 0 Å². The van der Waals surface area contributed by atoms with Gasteiger partial charge >= 0.3 is 25.8 Å². The first kappa shape index (κ1) is 33.8. The van der Waals surface area contributed by atoms with E-state index < -0.39 is 0 Å². The molecule has 0 unspecified atom stereocenters. The van der Waals surface area contributed by atoms with E-state index in [1.807, 2.05) is 0 Å². The smallest absolute Gasteiger partial charge is 1.00 e. The van der Waals surface area contributed by atoms with Crippen LogP contribution in [0.25, 0.3) is 0 Å². The molecule has 0 saturated carbocycles. The van der Waals surface area contributed by atoms with Crippen molar-refractivity contribution < 1.29 is 50.7 Å². The van der Waals surface area contributed by atoms with Gasteiger partial charge < -0.3 is 24.8 Å². The number of unbranched alkanes of at least 4 members (excludes halogenated alkanes) is 4. The minimum absolute atomic E-state index is 0. The van der Waals surface area contributed by atoms with Crippen LogP contribution in [0.1, 0.15) is 101 Å². The molecule has 0 spiro atoms. The summed E-state index contributed by atoms with van der Waals surface area (Å²) in [5.41, 5.74) is 6.14. The van der Waals surface area contributed by atoms with Crippen LogP contribution in [-0.4, -0.2) is 0 Å². The summed E-state index contributed by atoms with van der Waals surface area (Å²) in [5.74, 6) is 0. The normalized spacial score (nSPS) is 9.52. The van der Waals surface area contributed by atoms with E-state index in [2.05, 4.69) is 64.1 Å². The summed E-state index contributed by atoms with van der Waals surface area (Å²) in [6.07, 6.45) is 15.6. The minimum Gasteiger partial charge on any atom is -1.00 e. The van der Waals surface area contributed by atoms with Crippen molar-refractivity contribution in [2.75, 3.05) is 0 Å². The number of halogens is 2. The first-order valence-electron chi connectivity index (χ1n) is 11.2. The van der Waals surface area contributed by atoms with Crippen molar-refractivity contribution in [2.45, 2.75) is 105 Å². The minimum atomic E-state index is 0. The molecule has 2 rings (SSSR count). The molecule has 0 heterocycles. The van der Waals surface area contributed by atoms with Gasteiger partial charge in [-0.1, -0.05) is 105 Å². The zero-order valence-corrected chi connectivity index (χ0v) is 24.3. The Kier molecular flexibility index (Phi) is 26.6. The molecular formula is C26H42Cl2Hf. The second-order valence-corrected chi connectivity index (χ2v) is 7.67. The van der Waals surface area contributed by atoms with E-state index in [4.69, 9.17) is 0 Å². The van der Waals surface area contributed by atoms with Gasteiger partial charge in [0, 0.05) is 0 Å². The van der Waals surface area contributed by atoms with Gasteiger partial charge in [-0.05, 0) is 0 Å². The van der Waals surface area contributed by atoms with Crippen molar-refractivity contribution in [3.8, 4) is 0 Å². The van der Waals surface area contributed by atoms with Crippen LogP contribution >= 0.6 is 0 Å². The first-order chi connectivity index (χ1) is 12.7. The fraction of sp³-hybridized carbons (Fsp3) is 0.615. The van der Waals surface area contributed by atoms with Gasteiger partial charge in [-0.2, -0.15) is 46.5 Å². The third-order valence-corrected chi connectivity index (χ3v) is 5.04. The van der Waals surface area contributed by atoms with Crippen LogP contribution < -0.4 is 24.8 Å². The van der Waals surface area contributed by atoms with Crippen molar-refractivity contribution in [3.05, 3.63) is 58.7 Å². The zero-order valence-electron chi connectivity index (χ0n) is 19.2. The summed E-state index contributed by atoms with van der Waals surface area (Å²) in [7, 11) is 0. The number of rotatable bonds is 12. The van der Waals surface area contributed by atoms with E-state index in [9.17, 15) is 0 Å². The number of hydrogen-bond donors (Lipinski definition) is 0. The van der Waals surface area contributed by atoms with E-state index in [1.54, 1.807) is 0 Å². The Balaban J connectivity index is -0.000000422. The quantitative estimate of drug-likeness (QED) is 0.258. The molecule has 0 radical (unpaired) electrons. The van der Waals surface area contributed by atoms with Gasteiger partial charge in [-0.25, -0.2) is 12.1 Å². The van der Waals surface area contributed by atoms with Crippen LogP contribution in [0, 0.1) is 0 Å². The third kappa shape index (κ3) is 16.5. The summed E-state index contributed by atoms with van der Waals surface area (Å²) < 4.78 is 0. The molecule has 0 aliphatic heterocycles. The molecule has 0 bridgehead atoms. The zero-order chi connectivity index (χ0) is 19.0. The molecule has 0 fully saturated rings. The SMILES string of the molecule is CCCCc1cc[c-](CCCC)c1.CCCCc1cc[c-](CCCC)c1.[Cl-].[Cl-].[Hf+4]. The van der Waals surface area contributed by atoms with E-state index in [0.717, 1.165) is 0 Å². The van der Waals surface area contributed by atoms with E-state index >= 15 is 0 Å². The molecule has 0 aromatic heterocycles. The summed E-state index contributed by atoms with van der Waals surface area (Å²) in [6.45, 7) is 9.00. The van der Waals surface area contributed by atoms with Gasteiger partial charge in [-0.15, -0.1) is 0 Å². The fourth-order valence-corrected chi connectivity index (χ4v) is 3.24. The van der Waals surface area contributed by atoms with Gasteiger partial charge in [0.25, 0.3) is 0 Å². The molecule has 0 saturated heterocycles. The first-order valence-corrected chi connectivity index (χ1v) is 11.2. The molecule has 0 aliphatic rings. The third-order valence-electron chi connectivity index (χ3n) is 5.04. The van der Waals surface area contributed by atoms with Crippen LogP contribution in [0.15, 0.2) is 36.4 Å². The number of aryl methyl sites for hydroxylation is 4. The second kappa shape index (κ2) is 22.8. The predicted molar refractivity (Wildman–Crippen MR) is 119 cm³/mol. The van der Waals surface area contributed by atoms with Crippen molar-refractivity contribution >= 4 is 0 Å². The Morgan fingerprint density at radius 3 is 1.24 bits per heavy atom. The molecule has 0 amide bonds. The molecule has 0 nitrogen and oxygen atoms in total. The fourth-order valence-electron chi connectivity index (χ4n) is 3.24. The monoisotopic (exact) mass is 604 g/mol. The predicted octanol–water partition coefficient (Wildman–Crippen LogP) is 2.19. The van der Waals surface area contributed by atoms with Crippen molar-refractivity contribution in [3.63, 3.8) is 0 Å². The average molecular weight is 604 g/mol. The standard InChI is InChI=1S/2C13H21.2ClH.Hf/c2*1-3-5-7-12-9-10-13(11-12)8-6-4-2;;;/h2*9-11H,3-8H2,1-2H3;2*1H;/q2*-1;;;+4/p-2. The van der Waals surface area contributed by atoms with Gasteiger partial charge in [0.1, 0.15) is 0 Å². The molecule has 3 heteroatoms. The van der Waals surface area contributed by atoms with Crippen molar-refractivity contribution in [2.24, 2.45) is 0 Å². The largest absolute Gasteiger partial charge is 4.00 e. The maximum absolute atomic E-state index is 2.38. The summed E-state index contributed by atoms with van der Waals surface area (Å²) in [4.78, 5) is 0. The maximum Gasteiger partial charge on any atom is 4.00 e. The van der Waals surface area contributed by atoms with E-state index in [1.165, 1.54) is 99.3 Å². The Morgan fingerprint density at radius 2 is 0.931 bits per heavy atom. The van der Waals surface area contributed by atoms with Crippen LogP contribution in [0.2, 0.25) is 0 Å². The summed E-state index contributed by atoms with van der Waals surface area (Å²) in [6, 6.07) is 13.9. The molecule has 0 N–H and O–H groups in total. The summed E-state index contributed by atoms with van der Waals surface area (Å²) >= 11 is 0. The maximum atomic E-state index is 2.38. The summed E-state index contributed by atoms with van der Waals surface area (Å²) in [5, 5.41) is 0. The van der Waals surface area contributed by atoms with Gasteiger partial charge in [0.05, 0.1) is 0 Å². The van der Waals surface area contributed by atoms with Gasteiger partial charge in [0.2, 0.25) is 0 Å². The van der Waals surface area contributed by atoms with Gasteiger partial charge in [0.15, 0.2) is 0 Å². The second-order valence-electron chi connectivity index (χ2n) is 7.67. The van der Waals surface area contributed by atoms with Crippen molar-refractivity contribution in [1.29, 1.82) is 0 Å². The van der Waals surface area contributed by atoms with Crippen LogP contribution in [0.4, 0.5) is 0 Å². The van der Waals surface area contributed by atoms with Crippen LogP contribution in [-0.2, 0) is 51.5 Å². The molecule has 164 valence electrons. The number of hydrogen-bond acceptors (Lipinski definition) is 0. The molecule has 0 atom stereocenters. The molecule has 2 aromatic rings. The topological polar surface area (TPSA) is 0 Å². The molecular weight excluding hydrogens is 562 g/mol. The van der Waals surface area contributed by atoms with E-state index in [-0.39, 0.29) is 50.7 Å². The van der Waals surface area contributed by atoms with E-state index in [0.29, 0.717) is 0 Å². The van der Waals surface area contributed by atoms with Crippen LogP contribution in [0.5, 0.6) is 0 Å².